The molecule has 2 heterocycles. The fraction of sp³-hybridized carbons (Fsp3) is 0.462. The number of hydrogen-bond donors (Lipinski definition) is 2. The number of carbonyl (C=O) groups excluding carboxylic acids is 1. The van der Waals surface area contributed by atoms with Crippen molar-refractivity contribution in [3.05, 3.63) is 29.6 Å². The topological polar surface area (TPSA) is 55.8 Å². The summed E-state index contributed by atoms with van der Waals surface area (Å²) in [5, 5.41) is 12.5. The van der Waals surface area contributed by atoms with E-state index in [-0.39, 0.29) is 17.8 Å². The highest BCUT2D eigenvalue weighted by Crippen LogP contribution is 2.24. The Bertz CT molecular complexity index is 509. The summed E-state index contributed by atoms with van der Waals surface area (Å²) in [5.41, 5.74) is 0.589. The van der Waals surface area contributed by atoms with Crippen molar-refractivity contribution >= 4 is 6.03 Å². The van der Waals surface area contributed by atoms with Crippen LogP contribution in [0.1, 0.15) is 5.56 Å². The number of carbonyl (C=O) groups is 1. The Balaban J connectivity index is 1.68. The molecule has 1 atom stereocenters. The highest BCUT2D eigenvalue weighted by Gasteiger charge is 2.35. The number of nitrogens with zero attached hydrogens (tertiary/aromatic N) is 2. The molecule has 0 radical (unpaired) electrons. The van der Waals surface area contributed by atoms with Crippen molar-refractivity contribution in [1.29, 1.82) is 0 Å². The van der Waals surface area contributed by atoms with E-state index in [0.717, 1.165) is 13.1 Å². The van der Waals surface area contributed by atoms with Crippen molar-refractivity contribution in [3.63, 3.8) is 0 Å². The predicted molar refractivity (Wildman–Crippen MR) is 67.2 cm³/mol. The van der Waals surface area contributed by atoms with Crippen LogP contribution in [0, 0.1) is 5.82 Å². The molecular weight excluding hydrogens is 249 g/mol. The van der Waals surface area contributed by atoms with E-state index in [1.54, 1.807) is 12.1 Å². The van der Waals surface area contributed by atoms with Gasteiger partial charge in [0.2, 0.25) is 0 Å². The molecule has 19 heavy (non-hydrogen) atoms. The van der Waals surface area contributed by atoms with Crippen LogP contribution in [0.5, 0.6) is 5.75 Å². The number of phenols is 1. The second kappa shape index (κ2) is 4.70. The first kappa shape index (κ1) is 12.2. The van der Waals surface area contributed by atoms with Crippen molar-refractivity contribution in [1.82, 2.24) is 15.1 Å². The number of phenolic OH excluding ortho intramolecular Hbond substituents is 1. The van der Waals surface area contributed by atoms with Crippen molar-refractivity contribution in [3.8, 4) is 5.75 Å². The number of hydrogen-bond acceptors (Lipinski definition) is 3. The van der Waals surface area contributed by atoms with Crippen LogP contribution < -0.4 is 5.32 Å². The van der Waals surface area contributed by atoms with Crippen LogP contribution in [0.2, 0.25) is 0 Å². The minimum absolute atomic E-state index is 0.00162. The third kappa shape index (κ3) is 2.23. The molecule has 1 aromatic rings. The van der Waals surface area contributed by atoms with Crippen LogP contribution >= 0.6 is 0 Å². The summed E-state index contributed by atoms with van der Waals surface area (Å²) < 4.78 is 13.3. The van der Waals surface area contributed by atoms with Crippen molar-refractivity contribution in [2.24, 2.45) is 0 Å². The van der Waals surface area contributed by atoms with E-state index in [1.807, 2.05) is 4.90 Å². The molecule has 0 spiro atoms. The molecule has 2 N–H and O–H groups in total. The molecule has 6 heteroatoms. The number of fused-ring (bicyclic) bond motifs is 1. The summed E-state index contributed by atoms with van der Waals surface area (Å²) in [7, 11) is 0. The summed E-state index contributed by atoms with van der Waals surface area (Å²) in [6.07, 6.45) is 0. The minimum Gasteiger partial charge on any atom is -0.505 e. The Kier molecular flexibility index (Phi) is 3.02. The molecule has 1 aromatic carbocycles. The molecule has 0 bridgehead atoms. The monoisotopic (exact) mass is 265 g/mol. The van der Waals surface area contributed by atoms with Gasteiger partial charge in [0.15, 0.2) is 11.6 Å². The van der Waals surface area contributed by atoms with Gasteiger partial charge in [0.25, 0.3) is 0 Å². The fourth-order valence-corrected chi connectivity index (χ4v) is 2.74. The van der Waals surface area contributed by atoms with Crippen LogP contribution in [0.4, 0.5) is 9.18 Å². The maximum Gasteiger partial charge on any atom is 0.317 e. The van der Waals surface area contributed by atoms with E-state index >= 15 is 0 Å². The maximum absolute atomic E-state index is 13.3. The zero-order chi connectivity index (χ0) is 13.4. The number of rotatable bonds is 2. The summed E-state index contributed by atoms with van der Waals surface area (Å²) in [6, 6.07) is 4.75. The van der Waals surface area contributed by atoms with E-state index in [0.29, 0.717) is 25.2 Å². The molecular formula is C13H16FN3O2. The number of urea groups is 1. The van der Waals surface area contributed by atoms with E-state index < -0.39 is 5.82 Å². The average molecular weight is 265 g/mol. The first-order valence-corrected chi connectivity index (χ1v) is 6.38. The number of piperazine rings is 1. The SMILES string of the molecule is O=C1NCC2CN(Cc3cccc(F)c3O)CCN12. The van der Waals surface area contributed by atoms with Gasteiger partial charge in [-0.1, -0.05) is 12.1 Å². The lowest BCUT2D eigenvalue weighted by Gasteiger charge is -2.36. The fourth-order valence-electron chi connectivity index (χ4n) is 2.74. The van der Waals surface area contributed by atoms with E-state index in [1.165, 1.54) is 6.07 Å². The van der Waals surface area contributed by atoms with Crippen LogP contribution in [0.15, 0.2) is 18.2 Å². The summed E-state index contributed by atoms with van der Waals surface area (Å²) in [6.45, 7) is 3.31. The summed E-state index contributed by atoms with van der Waals surface area (Å²) >= 11 is 0. The molecule has 2 aliphatic rings. The first-order chi connectivity index (χ1) is 9.15. The van der Waals surface area contributed by atoms with Gasteiger partial charge in [-0.25, -0.2) is 9.18 Å². The lowest BCUT2D eigenvalue weighted by molar-refractivity contribution is 0.116. The smallest absolute Gasteiger partial charge is 0.317 e. The van der Waals surface area contributed by atoms with Crippen molar-refractivity contribution in [2.75, 3.05) is 26.2 Å². The standard InChI is InChI=1S/C13H16FN3O2/c14-11-3-1-2-9(12(11)18)7-16-4-5-17-10(8-16)6-15-13(17)19/h1-3,10,18H,4-8H2,(H,15,19). The number of amides is 2. The summed E-state index contributed by atoms with van der Waals surface area (Å²) in [4.78, 5) is 15.4. The largest absolute Gasteiger partial charge is 0.505 e. The van der Waals surface area contributed by atoms with Crippen molar-refractivity contribution in [2.45, 2.75) is 12.6 Å². The number of aromatic hydroxyl groups is 1. The number of nitrogens with one attached hydrogen (secondary N) is 1. The molecule has 2 saturated heterocycles. The maximum atomic E-state index is 13.3. The van der Waals surface area contributed by atoms with E-state index in [4.69, 9.17) is 0 Å². The predicted octanol–water partition coefficient (Wildman–Crippen LogP) is 0.741. The number of benzene rings is 1. The summed E-state index contributed by atoms with van der Waals surface area (Å²) in [5.74, 6) is -0.862. The second-order valence-electron chi connectivity index (χ2n) is 5.02. The van der Waals surface area contributed by atoms with Crippen LogP contribution in [-0.2, 0) is 6.54 Å². The van der Waals surface area contributed by atoms with Gasteiger partial charge in [-0.2, -0.15) is 0 Å². The normalized spacial score (nSPS) is 23.3. The van der Waals surface area contributed by atoms with E-state index in [9.17, 15) is 14.3 Å². The number of para-hydroxylation sites is 1. The highest BCUT2D eigenvalue weighted by molar-refractivity contribution is 5.77. The molecule has 0 aromatic heterocycles. The van der Waals surface area contributed by atoms with Crippen LogP contribution in [0.25, 0.3) is 0 Å². The van der Waals surface area contributed by atoms with Gasteiger partial charge in [-0.3, -0.25) is 4.90 Å². The average Bonchev–Trinajstić information content (AvgIpc) is 2.76. The van der Waals surface area contributed by atoms with Crippen LogP contribution in [0.3, 0.4) is 0 Å². The van der Waals surface area contributed by atoms with Gasteiger partial charge in [-0.05, 0) is 6.07 Å². The Morgan fingerprint density at radius 2 is 2.26 bits per heavy atom. The van der Waals surface area contributed by atoms with Gasteiger partial charge in [0.05, 0.1) is 6.04 Å². The number of halogens is 1. The molecule has 1 unspecified atom stereocenters. The lowest BCUT2D eigenvalue weighted by atomic mass is 10.1. The van der Waals surface area contributed by atoms with Gasteiger partial charge in [0.1, 0.15) is 0 Å². The molecule has 3 rings (SSSR count). The molecule has 0 aliphatic carbocycles. The Morgan fingerprint density at radius 1 is 1.42 bits per heavy atom. The zero-order valence-electron chi connectivity index (χ0n) is 10.5. The molecule has 0 saturated carbocycles. The molecule has 5 nitrogen and oxygen atoms in total. The van der Waals surface area contributed by atoms with Gasteiger partial charge in [-0.15, -0.1) is 0 Å². The van der Waals surface area contributed by atoms with E-state index in [2.05, 4.69) is 10.2 Å². The Morgan fingerprint density at radius 3 is 3.11 bits per heavy atom. The molecule has 102 valence electrons. The minimum atomic E-state index is -0.589. The molecule has 2 fully saturated rings. The lowest BCUT2D eigenvalue weighted by Crippen LogP contribution is -2.51. The second-order valence-corrected chi connectivity index (χ2v) is 5.02. The third-order valence-electron chi connectivity index (χ3n) is 3.78. The van der Waals surface area contributed by atoms with Crippen molar-refractivity contribution < 1.29 is 14.3 Å². The van der Waals surface area contributed by atoms with Crippen LogP contribution in [-0.4, -0.2) is 53.2 Å². The quantitative estimate of drug-likeness (QED) is 0.829. The van der Waals surface area contributed by atoms with Gasteiger partial charge >= 0.3 is 6.03 Å². The highest BCUT2D eigenvalue weighted by atomic mass is 19.1. The third-order valence-corrected chi connectivity index (χ3v) is 3.78. The zero-order valence-corrected chi connectivity index (χ0v) is 10.5. The first-order valence-electron chi connectivity index (χ1n) is 6.38. The van der Waals surface area contributed by atoms with Gasteiger partial charge in [0, 0.05) is 38.3 Å². The molecule has 2 aliphatic heterocycles. The Hall–Kier alpha value is -1.82. The Labute approximate surface area is 110 Å². The molecule has 2 amide bonds. The van der Waals surface area contributed by atoms with Gasteiger partial charge < -0.3 is 15.3 Å².